The predicted molar refractivity (Wildman–Crippen MR) is 63.7 cm³/mol. The summed E-state index contributed by atoms with van der Waals surface area (Å²) in [4.78, 5) is 11.5. The van der Waals surface area contributed by atoms with Crippen molar-refractivity contribution in [1.29, 1.82) is 0 Å². The van der Waals surface area contributed by atoms with Gasteiger partial charge in [-0.05, 0) is 19.7 Å². The molecule has 0 bridgehead atoms. The molecule has 0 saturated carbocycles. The summed E-state index contributed by atoms with van der Waals surface area (Å²) in [6, 6.07) is 0.270. The zero-order chi connectivity index (χ0) is 11.0. The molecule has 0 aromatic heterocycles. The van der Waals surface area contributed by atoms with Crippen LogP contribution in [0, 0.1) is 5.92 Å². The third-order valence-corrected chi connectivity index (χ3v) is 3.06. The van der Waals surface area contributed by atoms with Crippen molar-refractivity contribution in [3.8, 4) is 0 Å². The van der Waals surface area contributed by atoms with Crippen LogP contribution in [0.2, 0.25) is 0 Å². The van der Waals surface area contributed by atoms with Crippen molar-refractivity contribution in [2.75, 3.05) is 25.1 Å². The first-order valence-electron chi connectivity index (χ1n) is 5.14. The lowest BCUT2D eigenvalue weighted by molar-refractivity contribution is -0.124. The number of thioether (sulfide) groups is 1. The van der Waals surface area contributed by atoms with Gasteiger partial charge in [0.25, 0.3) is 0 Å². The number of amides is 1. The molecule has 0 aliphatic rings. The Balaban J connectivity index is 3.69. The molecule has 14 heavy (non-hydrogen) atoms. The number of nitrogens with one attached hydrogen (secondary N) is 2. The van der Waals surface area contributed by atoms with Crippen molar-refractivity contribution in [3.63, 3.8) is 0 Å². The lowest BCUT2D eigenvalue weighted by atomic mass is 10.1. The van der Waals surface area contributed by atoms with E-state index >= 15 is 0 Å². The Hall–Kier alpha value is -0.220. The van der Waals surface area contributed by atoms with E-state index in [1.165, 1.54) is 0 Å². The Kier molecular flexibility index (Phi) is 7.99. The molecular formula is C10H22N2OS. The molecule has 2 atom stereocenters. The largest absolute Gasteiger partial charge is 0.353 e. The maximum atomic E-state index is 11.5. The Morgan fingerprint density at radius 1 is 1.43 bits per heavy atom. The van der Waals surface area contributed by atoms with E-state index < -0.39 is 0 Å². The molecule has 1 amide bonds. The summed E-state index contributed by atoms with van der Waals surface area (Å²) in [5.41, 5.74) is 0. The Labute approximate surface area is 91.4 Å². The molecule has 0 fully saturated rings. The molecule has 3 nitrogen and oxygen atoms in total. The van der Waals surface area contributed by atoms with Crippen molar-refractivity contribution in [1.82, 2.24) is 10.6 Å². The fourth-order valence-corrected chi connectivity index (χ4v) is 1.79. The van der Waals surface area contributed by atoms with Crippen molar-refractivity contribution in [3.05, 3.63) is 0 Å². The molecule has 0 aromatic rings. The van der Waals surface area contributed by atoms with Crippen LogP contribution in [0.5, 0.6) is 0 Å². The van der Waals surface area contributed by atoms with Crippen LogP contribution < -0.4 is 10.6 Å². The minimum Gasteiger partial charge on any atom is -0.353 e. The van der Waals surface area contributed by atoms with E-state index in [4.69, 9.17) is 0 Å². The van der Waals surface area contributed by atoms with Gasteiger partial charge in [0.15, 0.2) is 0 Å². The van der Waals surface area contributed by atoms with E-state index in [1.54, 1.807) is 0 Å². The van der Waals surface area contributed by atoms with Crippen molar-refractivity contribution in [2.45, 2.75) is 26.8 Å². The van der Waals surface area contributed by atoms with Gasteiger partial charge in [0.2, 0.25) is 5.91 Å². The second kappa shape index (κ2) is 8.12. The molecule has 2 unspecified atom stereocenters. The summed E-state index contributed by atoms with van der Waals surface area (Å²) < 4.78 is 0. The molecule has 2 N–H and O–H groups in total. The number of rotatable bonds is 7. The van der Waals surface area contributed by atoms with E-state index in [2.05, 4.69) is 17.6 Å². The van der Waals surface area contributed by atoms with E-state index in [1.807, 2.05) is 32.7 Å². The van der Waals surface area contributed by atoms with Crippen molar-refractivity contribution < 1.29 is 4.79 Å². The Morgan fingerprint density at radius 2 is 2.07 bits per heavy atom. The second-order valence-corrected chi connectivity index (χ2v) is 4.85. The van der Waals surface area contributed by atoms with E-state index in [0.717, 1.165) is 18.1 Å². The van der Waals surface area contributed by atoms with Crippen molar-refractivity contribution >= 4 is 17.7 Å². The highest BCUT2D eigenvalue weighted by molar-refractivity contribution is 7.99. The van der Waals surface area contributed by atoms with E-state index in [9.17, 15) is 4.79 Å². The molecule has 0 saturated heterocycles. The Bertz CT molecular complexity index is 164. The average Bonchev–Trinajstić information content (AvgIpc) is 2.15. The topological polar surface area (TPSA) is 41.1 Å². The first-order valence-corrected chi connectivity index (χ1v) is 6.30. The molecule has 0 aromatic carbocycles. The molecule has 0 aliphatic carbocycles. The predicted octanol–water partition coefficient (Wildman–Crippen LogP) is 1.10. The van der Waals surface area contributed by atoms with Gasteiger partial charge in [-0.2, -0.15) is 11.8 Å². The minimum absolute atomic E-state index is 0.0501. The fourth-order valence-electron chi connectivity index (χ4n) is 1.12. The maximum absolute atomic E-state index is 11.5. The summed E-state index contributed by atoms with van der Waals surface area (Å²) in [5, 5.41) is 6.00. The highest BCUT2D eigenvalue weighted by Gasteiger charge is 2.13. The van der Waals surface area contributed by atoms with Crippen LogP contribution in [0.3, 0.4) is 0 Å². The van der Waals surface area contributed by atoms with E-state index in [-0.39, 0.29) is 17.9 Å². The van der Waals surface area contributed by atoms with Crippen molar-refractivity contribution in [2.24, 2.45) is 5.92 Å². The van der Waals surface area contributed by atoms with Gasteiger partial charge in [0.05, 0.1) is 0 Å². The zero-order valence-electron chi connectivity index (χ0n) is 9.59. The van der Waals surface area contributed by atoms with Gasteiger partial charge < -0.3 is 10.6 Å². The second-order valence-electron chi connectivity index (χ2n) is 3.53. The number of hydrogen-bond acceptors (Lipinski definition) is 3. The minimum atomic E-state index is 0.0501. The summed E-state index contributed by atoms with van der Waals surface area (Å²) in [6.07, 6.45) is 0. The van der Waals surface area contributed by atoms with Gasteiger partial charge in [-0.1, -0.05) is 13.8 Å². The van der Waals surface area contributed by atoms with Gasteiger partial charge in [0, 0.05) is 24.3 Å². The Morgan fingerprint density at radius 3 is 2.57 bits per heavy atom. The first kappa shape index (κ1) is 13.8. The lowest BCUT2D eigenvalue weighted by Gasteiger charge is -2.16. The van der Waals surface area contributed by atoms with Crippen LogP contribution in [-0.2, 0) is 4.79 Å². The summed E-state index contributed by atoms with van der Waals surface area (Å²) >= 11 is 1.85. The SMILES string of the molecule is CCSCC(C)NC(=O)C(C)CNC. The molecule has 0 spiro atoms. The number of carbonyl (C=O) groups excluding carboxylic acids is 1. The van der Waals surface area contributed by atoms with Gasteiger partial charge in [0.1, 0.15) is 0 Å². The summed E-state index contributed by atoms with van der Waals surface area (Å²) in [7, 11) is 1.86. The van der Waals surface area contributed by atoms with Crippen LogP contribution in [0.25, 0.3) is 0 Å². The van der Waals surface area contributed by atoms with E-state index in [0.29, 0.717) is 0 Å². The standard InChI is InChI=1S/C10H22N2OS/c1-5-14-7-9(3)12-10(13)8(2)6-11-4/h8-9,11H,5-7H2,1-4H3,(H,12,13). The van der Waals surface area contributed by atoms with Gasteiger partial charge in [-0.25, -0.2) is 0 Å². The summed E-state index contributed by atoms with van der Waals surface area (Å²) in [6.45, 7) is 6.85. The third kappa shape index (κ3) is 6.27. The number of hydrogen-bond donors (Lipinski definition) is 2. The van der Waals surface area contributed by atoms with Crippen LogP contribution in [0.4, 0.5) is 0 Å². The first-order chi connectivity index (χ1) is 6.61. The number of carbonyl (C=O) groups is 1. The summed E-state index contributed by atoms with van der Waals surface area (Å²) in [5.74, 6) is 2.29. The van der Waals surface area contributed by atoms with Gasteiger partial charge >= 0.3 is 0 Å². The molecule has 0 heterocycles. The van der Waals surface area contributed by atoms with Gasteiger partial charge in [-0.15, -0.1) is 0 Å². The molecular weight excluding hydrogens is 196 g/mol. The molecule has 0 radical (unpaired) electrons. The fraction of sp³-hybridized carbons (Fsp3) is 0.900. The highest BCUT2D eigenvalue weighted by atomic mass is 32.2. The quantitative estimate of drug-likeness (QED) is 0.672. The zero-order valence-corrected chi connectivity index (χ0v) is 10.4. The normalized spacial score (nSPS) is 14.9. The van der Waals surface area contributed by atoms with Crippen LogP contribution >= 0.6 is 11.8 Å². The molecule has 84 valence electrons. The van der Waals surface area contributed by atoms with Crippen LogP contribution in [-0.4, -0.2) is 37.0 Å². The van der Waals surface area contributed by atoms with Gasteiger partial charge in [-0.3, -0.25) is 4.79 Å². The van der Waals surface area contributed by atoms with Crippen LogP contribution in [0.15, 0.2) is 0 Å². The highest BCUT2D eigenvalue weighted by Crippen LogP contribution is 2.02. The maximum Gasteiger partial charge on any atom is 0.224 e. The van der Waals surface area contributed by atoms with Crippen LogP contribution in [0.1, 0.15) is 20.8 Å². The smallest absolute Gasteiger partial charge is 0.224 e. The molecule has 0 aliphatic heterocycles. The molecule has 4 heteroatoms. The third-order valence-electron chi connectivity index (χ3n) is 1.92. The average molecular weight is 218 g/mol. The molecule has 0 rings (SSSR count). The monoisotopic (exact) mass is 218 g/mol. The lowest BCUT2D eigenvalue weighted by Crippen LogP contribution is -2.40.